The van der Waals surface area contributed by atoms with Crippen molar-refractivity contribution in [3.63, 3.8) is 0 Å². The Hall–Kier alpha value is -0.870. The van der Waals surface area contributed by atoms with Gasteiger partial charge in [0.05, 0.1) is 11.8 Å². The van der Waals surface area contributed by atoms with Crippen LogP contribution in [0.1, 0.15) is 38.9 Å². The molecule has 2 unspecified atom stereocenters. The first-order chi connectivity index (χ1) is 8.06. The number of piperidine rings is 1. The number of aliphatic hydroxyl groups excluding tert-OH is 1. The highest BCUT2D eigenvalue weighted by Crippen LogP contribution is 2.18. The van der Waals surface area contributed by atoms with Gasteiger partial charge in [0.15, 0.2) is 0 Å². The summed E-state index contributed by atoms with van der Waals surface area (Å²) in [5.74, 6) is 0.430. The molecule has 4 heteroatoms. The molecule has 0 radical (unpaired) electrons. The van der Waals surface area contributed by atoms with Crippen LogP contribution in [0.3, 0.4) is 0 Å². The SMILES string of the molecule is CC1CCN(Cc2ccn(C(C)C)n2)CC1O. The normalized spacial score (nSPS) is 26.6. The molecule has 1 aromatic rings. The Labute approximate surface area is 103 Å². The summed E-state index contributed by atoms with van der Waals surface area (Å²) in [5, 5.41) is 14.4. The Kier molecular flexibility index (Phi) is 3.84. The molecule has 1 saturated heterocycles. The maximum atomic E-state index is 9.85. The molecule has 2 heterocycles. The highest BCUT2D eigenvalue weighted by molar-refractivity contribution is 5.00. The van der Waals surface area contributed by atoms with Crippen LogP contribution in [0.5, 0.6) is 0 Å². The highest BCUT2D eigenvalue weighted by atomic mass is 16.3. The van der Waals surface area contributed by atoms with E-state index >= 15 is 0 Å². The van der Waals surface area contributed by atoms with Crippen LogP contribution in [0.4, 0.5) is 0 Å². The number of aliphatic hydroxyl groups is 1. The molecule has 1 aromatic heterocycles. The first-order valence-electron chi connectivity index (χ1n) is 6.50. The number of β-amino-alcohol motifs (C(OH)–C–C–N with tert-alkyl or cyclic N) is 1. The van der Waals surface area contributed by atoms with Gasteiger partial charge in [-0.1, -0.05) is 6.92 Å². The van der Waals surface area contributed by atoms with E-state index in [2.05, 4.69) is 36.8 Å². The molecule has 0 saturated carbocycles. The molecule has 0 bridgehead atoms. The van der Waals surface area contributed by atoms with Gasteiger partial charge in [-0.25, -0.2) is 0 Å². The lowest BCUT2D eigenvalue weighted by atomic mass is 9.96. The first-order valence-corrected chi connectivity index (χ1v) is 6.50. The van der Waals surface area contributed by atoms with Gasteiger partial charge in [-0.15, -0.1) is 0 Å². The van der Waals surface area contributed by atoms with E-state index in [0.29, 0.717) is 12.0 Å². The second-order valence-corrected chi connectivity index (χ2v) is 5.45. The van der Waals surface area contributed by atoms with Crippen molar-refractivity contribution < 1.29 is 5.11 Å². The molecule has 2 rings (SSSR count). The lowest BCUT2D eigenvalue weighted by Crippen LogP contribution is -2.42. The fraction of sp³-hybridized carbons (Fsp3) is 0.769. The van der Waals surface area contributed by atoms with Crippen LogP contribution in [-0.4, -0.2) is 39.0 Å². The second kappa shape index (κ2) is 5.19. The summed E-state index contributed by atoms with van der Waals surface area (Å²) >= 11 is 0. The monoisotopic (exact) mass is 237 g/mol. The van der Waals surface area contributed by atoms with Crippen molar-refractivity contribution in [2.24, 2.45) is 5.92 Å². The predicted molar refractivity (Wildman–Crippen MR) is 67.7 cm³/mol. The van der Waals surface area contributed by atoms with Crippen molar-refractivity contribution in [1.29, 1.82) is 0 Å². The van der Waals surface area contributed by atoms with Gasteiger partial charge in [-0.05, 0) is 38.8 Å². The summed E-state index contributed by atoms with van der Waals surface area (Å²) in [6.45, 7) is 9.06. The molecular formula is C13H23N3O. The van der Waals surface area contributed by atoms with Crippen LogP contribution >= 0.6 is 0 Å². The second-order valence-electron chi connectivity index (χ2n) is 5.45. The standard InChI is InChI=1S/C13H23N3O/c1-10(2)16-7-5-12(14-16)8-15-6-4-11(3)13(17)9-15/h5,7,10-11,13,17H,4,6,8-9H2,1-3H3. The summed E-state index contributed by atoms with van der Waals surface area (Å²) in [5.41, 5.74) is 1.10. The number of aromatic nitrogens is 2. The zero-order valence-electron chi connectivity index (χ0n) is 11.0. The molecule has 1 aliphatic heterocycles. The molecule has 0 spiro atoms. The molecule has 0 amide bonds. The smallest absolute Gasteiger partial charge is 0.0764 e. The number of nitrogens with zero attached hydrogens (tertiary/aromatic N) is 3. The molecule has 0 aromatic carbocycles. The zero-order valence-corrected chi connectivity index (χ0v) is 11.0. The quantitative estimate of drug-likeness (QED) is 0.869. The maximum Gasteiger partial charge on any atom is 0.0764 e. The van der Waals surface area contributed by atoms with Crippen molar-refractivity contribution >= 4 is 0 Å². The van der Waals surface area contributed by atoms with Crippen LogP contribution in [0.2, 0.25) is 0 Å². The number of rotatable bonds is 3. The molecule has 2 atom stereocenters. The van der Waals surface area contributed by atoms with Crippen LogP contribution in [0, 0.1) is 5.92 Å². The minimum Gasteiger partial charge on any atom is -0.392 e. The lowest BCUT2D eigenvalue weighted by Gasteiger charge is -2.33. The molecular weight excluding hydrogens is 214 g/mol. The van der Waals surface area contributed by atoms with E-state index in [4.69, 9.17) is 0 Å². The van der Waals surface area contributed by atoms with E-state index in [1.54, 1.807) is 0 Å². The van der Waals surface area contributed by atoms with E-state index in [0.717, 1.165) is 31.7 Å². The van der Waals surface area contributed by atoms with Gasteiger partial charge < -0.3 is 5.11 Å². The highest BCUT2D eigenvalue weighted by Gasteiger charge is 2.24. The van der Waals surface area contributed by atoms with E-state index in [-0.39, 0.29) is 6.10 Å². The van der Waals surface area contributed by atoms with Gasteiger partial charge >= 0.3 is 0 Å². The van der Waals surface area contributed by atoms with Gasteiger partial charge in [-0.3, -0.25) is 9.58 Å². The van der Waals surface area contributed by atoms with Gasteiger partial charge in [-0.2, -0.15) is 5.10 Å². The predicted octanol–water partition coefficient (Wildman–Crippen LogP) is 1.67. The first kappa shape index (κ1) is 12.6. The minimum absolute atomic E-state index is 0.184. The summed E-state index contributed by atoms with van der Waals surface area (Å²) in [4.78, 5) is 2.29. The van der Waals surface area contributed by atoms with Crippen molar-refractivity contribution in [1.82, 2.24) is 14.7 Å². The van der Waals surface area contributed by atoms with Gasteiger partial charge in [0.25, 0.3) is 0 Å². The lowest BCUT2D eigenvalue weighted by molar-refractivity contribution is 0.0253. The topological polar surface area (TPSA) is 41.3 Å². The number of hydrogen-bond acceptors (Lipinski definition) is 3. The van der Waals surface area contributed by atoms with Crippen molar-refractivity contribution in [2.75, 3.05) is 13.1 Å². The minimum atomic E-state index is -0.184. The summed E-state index contributed by atoms with van der Waals surface area (Å²) in [7, 11) is 0. The number of likely N-dealkylation sites (tertiary alicyclic amines) is 1. The molecule has 4 nitrogen and oxygen atoms in total. The number of hydrogen-bond donors (Lipinski definition) is 1. The zero-order chi connectivity index (χ0) is 12.4. The maximum absolute atomic E-state index is 9.85. The van der Waals surface area contributed by atoms with E-state index in [1.807, 2.05) is 10.9 Å². The third-order valence-electron chi connectivity index (χ3n) is 3.58. The largest absolute Gasteiger partial charge is 0.392 e. The van der Waals surface area contributed by atoms with Crippen molar-refractivity contribution in [3.8, 4) is 0 Å². The molecule has 96 valence electrons. The average molecular weight is 237 g/mol. The van der Waals surface area contributed by atoms with Gasteiger partial charge in [0.2, 0.25) is 0 Å². The van der Waals surface area contributed by atoms with Crippen molar-refractivity contribution in [2.45, 2.75) is 45.9 Å². The van der Waals surface area contributed by atoms with Crippen LogP contribution in [0.25, 0.3) is 0 Å². The van der Waals surface area contributed by atoms with Crippen LogP contribution < -0.4 is 0 Å². The fourth-order valence-electron chi connectivity index (χ4n) is 2.24. The van der Waals surface area contributed by atoms with Crippen LogP contribution in [-0.2, 0) is 6.54 Å². The Morgan fingerprint density at radius 2 is 2.29 bits per heavy atom. The Bertz CT molecular complexity index is 361. The summed E-state index contributed by atoms with van der Waals surface area (Å²) in [6, 6.07) is 2.49. The summed E-state index contributed by atoms with van der Waals surface area (Å²) in [6.07, 6.45) is 2.92. The molecule has 17 heavy (non-hydrogen) atoms. The van der Waals surface area contributed by atoms with Gasteiger partial charge in [0.1, 0.15) is 0 Å². The van der Waals surface area contributed by atoms with E-state index in [1.165, 1.54) is 0 Å². The Balaban J connectivity index is 1.92. The molecule has 1 fully saturated rings. The van der Waals surface area contributed by atoms with E-state index < -0.39 is 0 Å². The van der Waals surface area contributed by atoms with Gasteiger partial charge in [0, 0.05) is 25.3 Å². The molecule has 0 aliphatic carbocycles. The molecule has 1 N–H and O–H groups in total. The van der Waals surface area contributed by atoms with E-state index in [9.17, 15) is 5.11 Å². The fourth-order valence-corrected chi connectivity index (χ4v) is 2.24. The van der Waals surface area contributed by atoms with Crippen LogP contribution in [0.15, 0.2) is 12.3 Å². The Morgan fingerprint density at radius 3 is 2.88 bits per heavy atom. The average Bonchev–Trinajstić information content (AvgIpc) is 2.72. The Morgan fingerprint density at radius 1 is 1.53 bits per heavy atom. The molecule has 1 aliphatic rings. The van der Waals surface area contributed by atoms with Crippen molar-refractivity contribution in [3.05, 3.63) is 18.0 Å². The third-order valence-corrected chi connectivity index (χ3v) is 3.58. The summed E-state index contributed by atoms with van der Waals surface area (Å²) < 4.78 is 1.98. The third kappa shape index (κ3) is 3.07.